The van der Waals surface area contributed by atoms with Gasteiger partial charge in [-0.15, -0.1) is 0 Å². The van der Waals surface area contributed by atoms with Crippen LogP contribution < -0.4 is 4.90 Å². The maximum atomic E-state index is 13.6. The van der Waals surface area contributed by atoms with Crippen molar-refractivity contribution >= 4 is 32.8 Å². The molecule has 2 saturated heterocycles. The molecule has 0 radical (unpaired) electrons. The first-order chi connectivity index (χ1) is 16.9. The Kier molecular flexibility index (Phi) is 5.68. The van der Waals surface area contributed by atoms with Gasteiger partial charge in [0.25, 0.3) is 0 Å². The van der Waals surface area contributed by atoms with Crippen molar-refractivity contribution in [2.24, 2.45) is 5.41 Å². The molecule has 6 nitrogen and oxygen atoms in total. The minimum absolute atomic E-state index is 0.0153. The van der Waals surface area contributed by atoms with E-state index in [-0.39, 0.29) is 30.1 Å². The average molecular weight is 495 g/mol. The molecule has 2 aliphatic heterocycles. The number of piperazine rings is 1. The van der Waals surface area contributed by atoms with Gasteiger partial charge >= 0.3 is 6.09 Å². The van der Waals surface area contributed by atoms with Crippen LogP contribution in [0.3, 0.4) is 0 Å². The van der Waals surface area contributed by atoms with E-state index in [0.29, 0.717) is 24.0 Å². The molecule has 3 aromatic rings. The van der Waals surface area contributed by atoms with Crippen molar-refractivity contribution in [2.75, 3.05) is 31.1 Å². The van der Waals surface area contributed by atoms with Gasteiger partial charge in [-0.2, -0.15) is 0 Å². The molecule has 3 fully saturated rings. The highest BCUT2D eigenvalue weighted by molar-refractivity contribution is 7.22. The molecular formula is C27H31FN4O2S. The first kappa shape index (κ1) is 22.7. The lowest BCUT2D eigenvalue weighted by atomic mass is 9.61. The Morgan fingerprint density at radius 2 is 1.89 bits per heavy atom. The molecule has 0 bridgehead atoms. The van der Waals surface area contributed by atoms with Gasteiger partial charge in [-0.1, -0.05) is 41.7 Å². The van der Waals surface area contributed by atoms with Crippen LogP contribution >= 0.6 is 11.3 Å². The molecule has 184 valence electrons. The number of likely N-dealkylation sites (tertiary alicyclic amines) is 1. The Bertz CT molecular complexity index is 1220. The Morgan fingerprint density at radius 3 is 2.66 bits per heavy atom. The molecule has 0 unspecified atom stereocenters. The van der Waals surface area contributed by atoms with E-state index >= 15 is 0 Å². The van der Waals surface area contributed by atoms with Crippen LogP contribution in [0.2, 0.25) is 0 Å². The summed E-state index contributed by atoms with van der Waals surface area (Å²) >= 11 is 1.57. The number of thiazole rings is 1. The minimum Gasteiger partial charge on any atom is -0.446 e. The maximum absolute atomic E-state index is 13.6. The molecule has 1 aliphatic carbocycles. The van der Waals surface area contributed by atoms with Crippen molar-refractivity contribution in [3.63, 3.8) is 0 Å². The number of hydrogen-bond donors (Lipinski definition) is 0. The van der Waals surface area contributed by atoms with Crippen LogP contribution in [0.15, 0.2) is 48.5 Å². The fraction of sp³-hybridized carbons (Fsp3) is 0.481. The summed E-state index contributed by atoms with van der Waals surface area (Å²) in [5.74, 6) is -0.271. The SMILES string of the molecule is C[C@@H]1CN(c2nc3cc(F)ccc3s2)[C@@H](C)CN1C(=O)OC1CC2(C1)CN(Cc1ccccc1)C2. The lowest BCUT2D eigenvalue weighted by molar-refractivity contribution is -0.137. The summed E-state index contributed by atoms with van der Waals surface area (Å²) < 4.78 is 20.5. The summed E-state index contributed by atoms with van der Waals surface area (Å²) in [5, 5.41) is 0.879. The third kappa shape index (κ3) is 4.38. The summed E-state index contributed by atoms with van der Waals surface area (Å²) in [7, 11) is 0. The molecule has 1 aromatic heterocycles. The minimum atomic E-state index is -0.271. The summed E-state index contributed by atoms with van der Waals surface area (Å²) in [6.45, 7) is 8.61. The number of carbonyl (C=O) groups excluding carboxylic acids is 1. The van der Waals surface area contributed by atoms with Gasteiger partial charge in [0.1, 0.15) is 11.9 Å². The molecule has 35 heavy (non-hydrogen) atoms. The van der Waals surface area contributed by atoms with E-state index in [1.54, 1.807) is 17.4 Å². The van der Waals surface area contributed by atoms with Crippen LogP contribution in [0.25, 0.3) is 10.2 Å². The molecular weight excluding hydrogens is 463 g/mol. The third-order valence-corrected chi connectivity index (χ3v) is 8.83. The predicted octanol–water partition coefficient (Wildman–Crippen LogP) is 5.14. The summed E-state index contributed by atoms with van der Waals surface area (Å²) in [6.07, 6.45) is 1.77. The summed E-state index contributed by atoms with van der Waals surface area (Å²) in [5.41, 5.74) is 2.37. The number of anilines is 1. The second kappa shape index (κ2) is 8.75. The van der Waals surface area contributed by atoms with E-state index in [4.69, 9.17) is 4.74 Å². The predicted molar refractivity (Wildman–Crippen MR) is 136 cm³/mol. The fourth-order valence-corrected chi connectivity index (χ4v) is 7.03. The summed E-state index contributed by atoms with van der Waals surface area (Å²) in [6, 6.07) is 15.4. The average Bonchev–Trinajstić information content (AvgIpc) is 3.21. The highest BCUT2D eigenvalue weighted by atomic mass is 32.1. The van der Waals surface area contributed by atoms with Gasteiger partial charge in [0.2, 0.25) is 0 Å². The Labute approximate surface area is 209 Å². The van der Waals surface area contributed by atoms with Gasteiger partial charge in [0.15, 0.2) is 5.13 Å². The summed E-state index contributed by atoms with van der Waals surface area (Å²) in [4.78, 5) is 24.2. The number of aromatic nitrogens is 1. The fourth-order valence-electron chi connectivity index (χ4n) is 5.97. The van der Waals surface area contributed by atoms with E-state index in [9.17, 15) is 9.18 Å². The third-order valence-electron chi connectivity index (χ3n) is 7.76. The molecule has 2 aromatic carbocycles. The van der Waals surface area contributed by atoms with Crippen LogP contribution in [-0.2, 0) is 11.3 Å². The number of nitrogens with zero attached hydrogens (tertiary/aromatic N) is 4. The topological polar surface area (TPSA) is 48.9 Å². The van der Waals surface area contributed by atoms with E-state index in [1.165, 1.54) is 17.7 Å². The van der Waals surface area contributed by atoms with Crippen molar-refractivity contribution in [3.05, 3.63) is 59.9 Å². The molecule has 2 atom stereocenters. The maximum Gasteiger partial charge on any atom is 0.410 e. The first-order valence-electron chi connectivity index (χ1n) is 12.4. The van der Waals surface area contributed by atoms with Crippen molar-refractivity contribution in [2.45, 2.75) is 51.4 Å². The van der Waals surface area contributed by atoms with Gasteiger partial charge in [0.05, 0.1) is 10.2 Å². The lowest BCUT2D eigenvalue weighted by Gasteiger charge is -2.58. The van der Waals surface area contributed by atoms with Crippen LogP contribution in [0, 0.1) is 11.2 Å². The number of benzene rings is 2. The molecule has 1 spiro atoms. The van der Waals surface area contributed by atoms with Gasteiger partial charge in [-0.3, -0.25) is 4.90 Å². The Morgan fingerprint density at radius 1 is 1.11 bits per heavy atom. The zero-order valence-corrected chi connectivity index (χ0v) is 21.0. The van der Waals surface area contributed by atoms with Gasteiger partial charge in [-0.05, 0) is 44.4 Å². The van der Waals surface area contributed by atoms with Gasteiger partial charge < -0.3 is 14.5 Å². The van der Waals surface area contributed by atoms with E-state index in [2.05, 4.69) is 59.0 Å². The quantitative estimate of drug-likeness (QED) is 0.503. The molecule has 1 saturated carbocycles. The molecule has 1 amide bonds. The van der Waals surface area contributed by atoms with Crippen LogP contribution in [0.4, 0.5) is 14.3 Å². The smallest absolute Gasteiger partial charge is 0.410 e. The standard InChI is InChI=1S/C27H31FN4O2S/c1-18-14-32(19(2)13-31(18)25-29-23-10-21(28)8-9-24(23)35-25)26(33)34-22-11-27(12-22)16-30(17-27)15-20-6-4-3-5-7-20/h3-10,18-19,22H,11-17H2,1-2H3/t18-,19+/m0/s1. The highest BCUT2D eigenvalue weighted by Crippen LogP contribution is 2.50. The molecule has 8 heteroatoms. The second-order valence-corrected chi connectivity index (χ2v) is 11.7. The van der Waals surface area contributed by atoms with Gasteiger partial charge in [0, 0.05) is 56.3 Å². The number of halogens is 1. The van der Waals surface area contributed by atoms with Crippen molar-refractivity contribution in [1.29, 1.82) is 0 Å². The molecule has 3 heterocycles. The number of ether oxygens (including phenoxy) is 1. The van der Waals surface area contributed by atoms with Crippen LogP contribution in [0.1, 0.15) is 32.3 Å². The number of hydrogen-bond acceptors (Lipinski definition) is 6. The second-order valence-electron chi connectivity index (χ2n) is 10.7. The lowest BCUT2D eigenvalue weighted by Crippen LogP contribution is -2.64. The Hall–Kier alpha value is -2.71. The first-order valence-corrected chi connectivity index (χ1v) is 13.3. The largest absolute Gasteiger partial charge is 0.446 e. The van der Waals surface area contributed by atoms with E-state index in [0.717, 1.165) is 42.3 Å². The van der Waals surface area contributed by atoms with E-state index < -0.39 is 0 Å². The monoisotopic (exact) mass is 494 g/mol. The van der Waals surface area contributed by atoms with E-state index in [1.807, 2.05) is 4.90 Å². The zero-order chi connectivity index (χ0) is 24.2. The number of fused-ring (bicyclic) bond motifs is 1. The normalized spacial score (nSPS) is 24.4. The number of carbonyl (C=O) groups is 1. The number of rotatable bonds is 4. The van der Waals surface area contributed by atoms with Crippen molar-refractivity contribution in [3.8, 4) is 0 Å². The van der Waals surface area contributed by atoms with Crippen molar-refractivity contribution < 1.29 is 13.9 Å². The van der Waals surface area contributed by atoms with Crippen LogP contribution in [-0.4, -0.2) is 65.2 Å². The molecule has 0 N–H and O–H groups in total. The Balaban J connectivity index is 1.00. The molecule has 3 aliphatic rings. The van der Waals surface area contributed by atoms with Gasteiger partial charge in [-0.25, -0.2) is 14.2 Å². The zero-order valence-electron chi connectivity index (χ0n) is 20.2. The highest BCUT2D eigenvalue weighted by Gasteiger charge is 2.54. The molecule has 6 rings (SSSR count). The van der Waals surface area contributed by atoms with Crippen LogP contribution in [0.5, 0.6) is 0 Å². The van der Waals surface area contributed by atoms with Crippen molar-refractivity contribution in [1.82, 2.24) is 14.8 Å². The number of amides is 1.